The highest BCUT2D eigenvalue weighted by Crippen LogP contribution is 2.10. The van der Waals surface area contributed by atoms with Crippen molar-refractivity contribution in [2.45, 2.75) is 0 Å². The number of phenolic OH excluding ortho intramolecular Hbond substituents is 1. The fourth-order valence-corrected chi connectivity index (χ4v) is 0.795. The van der Waals surface area contributed by atoms with Crippen LogP contribution in [0.1, 0.15) is 5.56 Å². The third-order valence-electron chi connectivity index (χ3n) is 1.38. The van der Waals surface area contributed by atoms with Gasteiger partial charge in [0, 0.05) is 6.20 Å². The third kappa shape index (κ3) is 3.29. The van der Waals surface area contributed by atoms with E-state index < -0.39 is 6.09 Å². The lowest BCUT2D eigenvalue weighted by Crippen LogP contribution is -2.12. The second-order valence-electron chi connectivity index (χ2n) is 2.37. The van der Waals surface area contributed by atoms with Gasteiger partial charge in [0.1, 0.15) is 5.75 Å². The average molecular weight is 179 g/mol. The molecule has 0 aliphatic heterocycles. The number of phenols is 1. The summed E-state index contributed by atoms with van der Waals surface area (Å²) in [6.07, 6.45) is 1.80. The molecule has 0 spiro atoms. The van der Waals surface area contributed by atoms with Crippen LogP contribution in [0.5, 0.6) is 5.75 Å². The monoisotopic (exact) mass is 179 g/mol. The minimum absolute atomic E-state index is 0.184. The summed E-state index contributed by atoms with van der Waals surface area (Å²) in [7, 11) is 0. The number of aromatic hydroxyl groups is 1. The maximum atomic E-state index is 10.0. The van der Waals surface area contributed by atoms with Crippen molar-refractivity contribution in [3.63, 3.8) is 0 Å². The number of hydrogen-bond donors (Lipinski definition) is 3. The second kappa shape index (κ2) is 4.15. The quantitative estimate of drug-likeness (QED) is 0.646. The Hall–Kier alpha value is -1.97. The van der Waals surface area contributed by atoms with Crippen LogP contribution < -0.4 is 5.32 Å². The molecule has 0 aliphatic rings. The van der Waals surface area contributed by atoms with Gasteiger partial charge in [-0.3, -0.25) is 5.32 Å². The Morgan fingerprint density at radius 3 is 2.46 bits per heavy atom. The number of benzene rings is 1. The van der Waals surface area contributed by atoms with Gasteiger partial charge in [-0.1, -0.05) is 12.1 Å². The van der Waals surface area contributed by atoms with Gasteiger partial charge in [0.25, 0.3) is 0 Å². The van der Waals surface area contributed by atoms with Crippen molar-refractivity contribution < 1.29 is 15.0 Å². The molecule has 0 unspecified atom stereocenters. The highest BCUT2D eigenvalue weighted by molar-refractivity contribution is 5.67. The first-order valence-electron chi connectivity index (χ1n) is 3.63. The van der Waals surface area contributed by atoms with Crippen molar-refractivity contribution >= 4 is 12.2 Å². The van der Waals surface area contributed by atoms with Gasteiger partial charge >= 0.3 is 6.09 Å². The number of nitrogens with one attached hydrogen (secondary N) is 1. The molecule has 0 aromatic heterocycles. The Kier molecular flexibility index (Phi) is 2.92. The summed E-state index contributed by atoms with van der Waals surface area (Å²) in [6.45, 7) is 0. The smallest absolute Gasteiger partial charge is 0.408 e. The predicted octanol–water partition coefficient (Wildman–Crippen LogP) is 1.63. The molecule has 4 heteroatoms. The summed E-state index contributed by atoms with van der Waals surface area (Å²) in [6, 6.07) is 6.41. The Morgan fingerprint density at radius 1 is 1.31 bits per heavy atom. The van der Waals surface area contributed by atoms with Gasteiger partial charge < -0.3 is 10.2 Å². The Bertz CT molecular complexity index is 316. The summed E-state index contributed by atoms with van der Waals surface area (Å²) < 4.78 is 0. The molecule has 1 amide bonds. The van der Waals surface area contributed by atoms with Gasteiger partial charge in [-0.25, -0.2) is 4.79 Å². The molecule has 0 bridgehead atoms. The highest BCUT2D eigenvalue weighted by Gasteiger charge is 1.89. The number of hydrogen-bond acceptors (Lipinski definition) is 2. The van der Waals surface area contributed by atoms with Crippen molar-refractivity contribution in [1.29, 1.82) is 0 Å². The van der Waals surface area contributed by atoms with Gasteiger partial charge in [0.05, 0.1) is 0 Å². The lowest BCUT2D eigenvalue weighted by molar-refractivity contribution is 0.198. The lowest BCUT2D eigenvalue weighted by Gasteiger charge is -1.93. The van der Waals surface area contributed by atoms with Crippen molar-refractivity contribution in [3.8, 4) is 5.75 Å². The molecular weight excluding hydrogens is 170 g/mol. The molecular formula is C9H9NO3. The van der Waals surface area contributed by atoms with Crippen LogP contribution in [0.15, 0.2) is 30.5 Å². The molecule has 1 aromatic carbocycles. The summed E-state index contributed by atoms with van der Waals surface area (Å²) in [5.74, 6) is 0.184. The molecule has 0 radical (unpaired) electrons. The third-order valence-corrected chi connectivity index (χ3v) is 1.38. The Balaban J connectivity index is 2.59. The van der Waals surface area contributed by atoms with Gasteiger partial charge in [0.15, 0.2) is 0 Å². The van der Waals surface area contributed by atoms with E-state index in [0.717, 1.165) is 5.56 Å². The number of carbonyl (C=O) groups is 1. The van der Waals surface area contributed by atoms with Crippen molar-refractivity contribution in [3.05, 3.63) is 36.0 Å². The number of carboxylic acid groups (broad SMARTS) is 1. The minimum Gasteiger partial charge on any atom is -0.508 e. The van der Waals surface area contributed by atoms with Crippen LogP contribution in [-0.2, 0) is 0 Å². The average Bonchev–Trinajstić information content (AvgIpc) is 2.08. The SMILES string of the molecule is O=C(O)NC=Cc1ccc(O)cc1. The van der Waals surface area contributed by atoms with Crippen LogP contribution in [0.3, 0.4) is 0 Å². The van der Waals surface area contributed by atoms with E-state index in [4.69, 9.17) is 10.2 Å². The topological polar surface area (TPSA) is 69.6 Å². The van der Waals surface area contributed by atoms with Crippen LogP contribution in [0.4, 0.5) is 4.79 Å². The molecule has 0 saturated heterocycles. The van der Waals surface area contributed by atoms with Crippen LogP contribution in [0.25, 0.3) is 6.08 Å². The molecule has 0 atom stereocenters. The molecule has 0 fully saturated rings. The first kappa shape index (κ1) is 9.12. The van der Waals surface area contributed by atoms with E-state index in [0.29, 0.717) is 0 Å². The van der Waals surface area contributed by atoms with Crippen LogP contribution in [-0.4, -0.2) is 16.3 Å². The van der Waals surface area contributed by atoms with E-state index in [1.165, 1.54) is 18.3 Å². The molecule has 3 N–H and O–H groups in total. The largest absolute Gasteiger partial charge is 0.508 e. The zero-order valence-corrected chi connectivity index (χ0v) is 6.77. The molecule has 0 heterocycles. The first-order chi connectivity index (χ1) is 6.18. The Labute approximate surface area is 75.1 Å². The standard InChI is InChI=1S/C9H9NO3/c11-8-3-1-7(2-4-8)5-6-10-9(12)13/h1-6,10-11H,(H,12,13). The Morgan fingerprint density at radius 2 is 1.92 bits per heavy atom. The van der Waals surface area contributed by atoms with Gasteiger partial charge in [0.2, 0.25) is 0 Å². The van der Waals surface area contributed by atoms with Gasteiger partial charge in [-0.15, -0.1) is 0 Å². The van der Waals surface area contributed by atoms with Crippen molar-refractivity contribution in [2.24, 2.45) is 0 Å². The van der Waals surface area contributed by atoms with E-state index in [1.807, 2.05) is 0 Å². The summed E-state index contributed by atoms with van der Waals surface area (Å²) in [5.41, 5.74) is 0.812. The minimum atomic E-state index is -1.10. The van der Waals surface area contributed by atoms with Crippen LogP contribution in [0.2, 0.25) is 0 Å². The molecule has 0 aliphatic carbocycles. The maximum Gasteiger partial charge on any atom is 0.408 e. The summed E-state index contributed by atoms with van der Waals surface area (Å²) in [5, 5.41) is 19.3. The number of amides is 1. The maximum absolute atomic E-state index is 10.0. The van der Waals surface area contributed by atoms with Gasteiger partial charge in [-0.05, 0) is 23.8 Å². The zero-order valence-electron chi connectivity index (χ0n) is 6.77. The summed E-state index contributed by atoms with van der Waals surface area (Å²) in [4.78, 5) is 10.0. The molecule has 1 aromatic rings. The van der Waals surface area contributed by atoms with E-state index in [-0.39, 0.29) is 5.75 Å². The van der Waals surface area contributed by atoms with Gasteiger partial charge in [-0.2, -0.15) is 0 Å². The molecule has 68 valence electrons. The zero-order chi connectivity index (χ0) is 9.68. The highest BCUT2D eigenvalue weighted by atomic mass is 16.4. The lowest BCUT2D eigenvalue weighted by atomic mass is 10.2. The van der Waals surface area contributed by atoms with Crippen LogP contribution >= 0.6 is 0 Å². The van der Waals surface area contributed by atoms with Crippen molar-refractivity contribution in [1.82, 2.24) is 5.32 Å². The first-order valence-corrected chi connectivity index (χ1v) is 3.63. The molecule has 13 heavy (non-hydrogen) atoms. The van der Waals surface area contributed by atoms with Crippen molar-refractivity contribution in [2.75, 3.05) is 0 Å². The molecule has 4 nitrogen and oxygen atoms in total. The van der Waals surface area contributed by atoms with E-state index in [2.05, 4.69) is 5.32 Å². The normalized spacial score (nSPS) is 10.2. The fraction of sp³-hybridized carbons (Fsp3) is 0. The molecule has 1 rings (SSSR count). The second-order valence-corrected chi connectivity index (χ2v) is 2.37. The summed E-state index contributed by atoms with van der Waals surface area (Å²) >= 11 is 0. The number of rotatable bonds is 2. The van der Waals surface area contributed by atoms with E-state index in [1.54, 1.807) is 18.2 Å². The van der Waals surface area contributed by atoms with E-state index >= 15 is 0 Å². The molecule has 0 saturated carbocycles. The van der Waals surface area contributed by atoms with E-state index in [9.17, 15) is 4.79 Å². The predicted molar refractivity (Wildman–Crippen MR) is 48.3 cm³/mol. The van der Waals surface area contributed by atoms with Crippen LogP contribution in [0, 0.1) is 0 Å². The fourth-order valence-electron chi connectivity index (χ4n) is 0.795.